The highest BCUT2D eigenvalue weighted by Crippen LogP contribution is 2.26. The van der Waals surface area contributed by atoms with Crippen LogP contribution in [0.5, 0.6) is 5.75 Å². The van der Waals surface area contributed by atoms with Gasteiger partial charge in [0.15, 0.2) is 5.96 Å². The lowest BCUT2D eigenvalue weighted by Gasteiger charge is -2.29. The third-order valence-electron chi connectivity index (χ3n) is 4.76. The summed E-state index contributed by atoms with van der Waals surface area (Å²) < 4.78 is 5.38. The Labute approximate surface area is 166 Å². The second-order valence-corrected chi connectivity index (χ2v) is 6.64. The van der Waals surface area contributed by atoms with Gasteiger partial charge in [-0.25, -0.2) is 4.99 Å². The number of nitrogens with zero attached hydrogens (tertiary/aromatic N) is 2. The molecule has 2 aromatic carbocycles. The molecule has 0 spiro atoms. The first-order valence-corrected chi connectivity index (χ1v) is 9.75. The third kappa shape index (κ3) is 4.82. The van der Waals surface area contributed by atoms with Crippen LogP contribution in [0.4, 0.5) is 5.69 Å². The monoisotopic (exact) mass is 380 g/mol. The van der Waals surface area contributed by atoms with Crippen LogP contribution in [0.25, 0.3) is 0 Å². The van der Waals surface area contributed by atoms with Crippen LogP contribution in [-0.2, 0) is 17.8 Å². The zero-order valence-electron chi connectivity index (χ0n) is 16.6. The number of para-hydroxylation sites is 2. The van der Waals surface area contributed by atoms with E-state index in [4.69, 9.17) is 4.74 Å². The zero-order chi connectivity index (χ0) is 19.8. The third-order valence-corrected chi connectivity index (χ3v) is 4.76. The van der Waals surface area contributed by atoms with E-state index in [-0.39, 0.29) is 12.5 Å². The number of ether oxygens (including phenoxy) is 1. The SMILES string of the molecule is CCNC(=NCc1ccccc1OC)NCC(=O)N1CCCc2ccccc21. The Morgan fingerprint density at radius 2 is 1.93 bits per heavy atom. The average molecular weight is 380 g/mol. The number of fused-ring (bicyclic) bond motifs is 1. The molecular weight excluding hydrogens is 352 g/mol. The summed E-state index contributed by atoms with van der Waals surface area (Å²) in [6.07, 6.45) is 2.01. The van der Waals surface area contributed by atoms with Crippen molar-refractivity contribution in [2.24, 2.45) is 4.99 Å². The normalized spacial score (nSPS) is 13.6. The van der Waals surface area contributed by atoms with Gasteiger partial charge in [0.2, 0.25) is 5.91 Å². The van der Waals surface area contributed by atoms with Crippen molar-refractivity contribution in [1.29, 1.82) is 0 Å². The Bertz CT molecular complexity index is 835. The summed E-state index contributed by atoms with van der Waals surface area (Å²) in [5, 5.41) is 6.36. The van der Waals surface area contributed by atoms with Crippen molar-refractivity contribution >= 4 is 17.6 Å². The minimum absolute atomic E-state index is 0.0510. The largest absolute Gasteiger partial charge is 0.496 e. The van der Waals surface area contributed by atoms with E-state index in [1.807, 2.05) is 54.3 Å². The van der Waals surface area contributed by atoms with Crippen molar-refractivity contribution in [2.45, 2.75) is 26.3 Å². The van der Waals surface area contributed by atoms with E-state index in [0.29, 0.717) is 12.5 Å². The number of carbonyl (C=O) groups excluding carboxylic acids is 1. The minimum atomic E-state index is 0.0510. The zero-order valence-corrected chi connectivity index (χ0v) is 16.6. The fraction of sp³-hybridized carbons (Fsp3) is 0.364. The van der Waals surface area contributed by atoms with Gasteiger partial charge in [0.25, 0.3) is 0 Å². The minimum Gasteiger partial charge on any atom is -0.496 e. The van der Waals surface area contributed by atoms with Gasteiger partial charge in [-0.15, -0.1) is 0 Å². The summed E-state index contributed by atoms with van der Waals surface area (Å²) in [5.74, 6) is 1.48. The number of guanidine groups is 1. The predicted octanol–water partition coefficient (Wildman–Crippen LogP) is 2.73. The number of anilines is 1. The van der Waals surface area contributed by atoms with Gasteiger partial charge >= 0.3 is 0 Å². The average Bonchev–Trinajstić information content (AvgIpc) is 2.75. The number of aryl methyl sites for hydroxylation is 1. The number of hydrogen-bond donors (Lipinski definition) is 2. The molecule has 1 heterocycles. The van der Waals surface area contributed by atoms with Crippen LogP contribution in [0.3, 0.4) is 0 Å². The first kappa shape index (κ1) is 19.7. The molecule has 3 rings (SSSR count). The Morgan fingerprint density at radius 3 is 2.75 bits per heavy atom. The topological polar surface area (TPSA) is 66.0 Å². The molecular formula is C22H28N4O2. The molecule has 0 saturated heterocycles. The highest BCUT2D eigenvalue weighted by Gasteiger charge is 2.21. The van der Waals surface area contributed by atoms with Crippen LogP contribution >= 0.6 is 0 Å². The van der Waals surface area contributed by atoms with Gasteiger partial charge < -0.3 is 20.3 Å². The molecule has 6 nitrogen and oxygen atoms in total. The van der Waals surface area contributed by atoms with Crippen molar-refractivity contribution in [1.82, 2.24) is 10.6 Å². The molecule has 28 heavy (non-hydrogen) atoms. The van der Waals surface area contributed by atoms with Gasteiger partial charge in [-0.1, -0.05) is 36.4 Å². The number of methoxy groups -OCH3 is 1. The summed E-state index contributed by atoms with van der Waals surface area (Å²) in [6.45, 7) is 4.15. The number of hydrogen-bond acceptors (Lipinski definition) is 3. The number of nitrogens with one attached hydrogen (secondary N) is 2. The fourth-order valence-electron chi connectivity index (χ4n) is 3.39. The van der Waals surface area contributed by atoms with E-state index >= 15 is 0 Å². The van der Waals surface area contributed by atoms with E-state index in [9.17, 15) is 4.79 Å². The van der Waals surface area contributed by atoms with E-state index < -0.39 is 0 Å². The van der Waals surface area contributed by atoms with Crippen LogP contribution in [0.2, 0.25) is 0 Å². The van der Waals surface area contributed by atoms with E-state index in [2.05, 4.69) is 21.7 Å². The van der Waals surface area contributed by atoms with Crippen molar-refractivity contribution in [2.75, 3.05) is 31.6 Å². The maximum absolute atomic E-state index is 12.8. The van der Waals surface area contributed by atoms with Crippen LogP contribution in [-0.4, -0.2) is 38.6 Å². The number of carbonyl (C=O) groups is 1. The maximum atomic E-state index is 12.8. The Kier molecular flexibility index (Phi) is 6.89. The Morgan fingerprint density at radius 1 is 1.14 bits per heavy atom. The quantitative estimate of drug-likeness (QED) is 0.597. The van der Waals surface area contributed by atoms with Gasteiger partial charge in [-0.3, -0.25) is 4.79 Å². The molecule has 2 aromatic rings. The van der Waals surface area contributed by atoms with Gasteiger partial charge in [-0.05, 0) is 37.5 Å². The van der Waals surface area contributed by atoms with Gasteiger partial charge in [0, 0.05) is 24.3 Å². The van der Waals surface area contributed by atoms with Crippen LogP contribution in [0, 0.1) is 0 Å². The molecule has 0 aromatic heterocycles. The molecule has 148 valence electrons. The summed E-state index contributed by atoms with van der Waals surface area (Å²) in [7, 11) is 1.65. The van der Waals surface area contributed by atoms with Gasteiger partial charge in [-0.2, -0.15) is 0 Å². The lowest BCUT2D eigenvalue weighted by atomic mass is 10.0. The number of amides is 1. The number of rotatable bonds is 6. The van der Waals surface area contributed by atoms with Crippen LogP contribution in [0.1, 0.15) is 24.5 Å². The first-order chi connectivity index (χ1) is 13.7. The van der Waals surface area contributed by atoms with Crippen LogP contribution < -0.4 is 20.3 Å². The molecule has 2 N–H and O–H groups in total. The molecule has 1 aliphatic rings. The smallest absolute Gasteiger partial charge is 0.246 e. The molecule has 0 saturated carbocycles. The molecule has 6 heteroatoms. The summed E-state index contributed by atoms with van der Waals surface area (Å²) >= 11 is 0. The maximum Gasteiger partial charge on any atom is 0.246 e. The summed E-state index contributed by atoms with van der Waals surface area (Å²) in [6, 6.07) is 15.9. The molecule has 0 radical (unpaired) electrons. The summed E-state index contributed by atoms with van der Waals surface area (Å²) in [5.41, 5.74) is 3.26. The highest BCUT2D eigenvalue weighted by molar-refractivity contribution is 5.98. The van der Waals surface area contributed by atoms with Crippen molar-refractivity contribution in [3.05, 3.63) is 59.7 Å². The second-order valence-electron chi connectivity index (χ2n) is 6.64. The van der Waals surface area contributed by atoms with Gasteiger partial charge in [0.1, 0.15) is 5.75 Å². The highest BCUT2D eigenvalue weighted by atomic mass is 16.5. The van der Waals surface area contributed by atoms with E-state index in [0.717, 1.165) is 42.9 Å². The van der Waals surface area contributed by atoms with Crippen molar-refractivity contribution in [3.8, 4) is 5.75 Å². The number of benzene rings is 2. The fourth-order valence-corrected chi connectivity index (χ4v) is 3.39. The molecule has 0 aliphatic carbocycles. The number of aliphatic imine (C=N–C) groups is 1. The lowest BCUT2D eigenvalue weighted by molar-refractivity contribution is -0.117. The van der Waals surface area contributed by atoms with Crippen molar-refractivity contribution < 1.29 is 9.53 Å². The molecule has 0 bridgehead atoms. The molecule has 1 aliphatic heterocycles. The van der Waals surface area contributed by atoms with Crippen LogP contribution in [0.15, 0.2) is 53.5 Å². The van der Waals surface area contributed by atoms with E-state index in [1.165, 1.54) is 5.56 Å². The Hall–Kier alpha value is -3.02. The lowest BCUT2D eigenvalue weighted by Crippen LogP contribution is -2.46. The molecule has 0 unspecified atom stereocenters. The Balaban J connectivity index is 1.64. The predicted molar refractivity (Wildman–Crippen MR) is 113 cm³/mol. The molecule has 0 atom stereocenters. The van der Waals surface area contributed by atoms with Crippen molar-refractivity contribution in [3.63, 3.8) is 0 Å². The molecule has 1 amide bonds. The molecule has 0 fully saturated rings. The second kappa shape index (κ2) is 9.78. The summed E-state index contributed by atoms with van der Waals surface area (Å²) in [4.78, 5) is 19.3. The van der Waals surface area contributed by atoms with E-state index in [1.54, 1.807) is 7.11 Å². The first-order valence-electron chi connectivity index (χ1n) is 9.75. The van der Waals surface area contributed by atoms with Gasteiger partial charge in [0.05, 0.1) is 20.2 Å². The standard InChI is InChI=1S/C22H28N4O2/c1-3-23-22(24-15-18-10-5-7-13-20(18)28-2)25-16-21(27)26-14-8-11-17-9-4-6-12-19(17)26/h4-7,9-10,12-13H,3,8,11,14-16H2,1-2H3,(H2,23,24,25).